The van der Waals surface area contributed by atoms with E-state index in [1.165, 1.54) is 0 Å². The van der Waals surface area contributed by atoms with Gasteiger partial charge in [0.15, 0.2) is 11.5 Å². The molecule has 1 aromatic rings. The Hall–Kier alpha value is -1.23. The first-order valence-corrected chi connectivity index (χ1v) is 8.26. The molecule has 4 nitrogen and oxygen atoms in total. The summed E-state index contributed by atoms with van der Waals surface area (Å²) in [4.78, 5) is 12.1. The highest BCUT2D eigenvalue weighted by Crippen LogP contribution is 2.50. The first-order chi connectivity index (χ1) is 10.1. The van der Waals surface area contributed by atoms with Gasteiger partial charge in [0.2, 0.25) is 0 Å². The number of hydrogen-bond acceptors (Lipinski definition) is 3. The van der Waals surface area contributed by atoms with Crippen LogP contribution in [0, 0.1) is 0 Å². The van der Waals surface area contributed by atoms with Crippen molar-refractivity contribution in [2.45, 2.75) is 43.9 Å². The highest BCUT2D eigenvalue weighted by molar-refractivity contribution is 9.10. The van der Waals surface area contributed by atoms with Crippen molar-refractivity contribution < 1.29 is 19.4 Å². The number of halogens is 1. The largest absolute Gasteiger partial charge is 0.490 e. The summed E-state index contributed by atoms with van der Waals surface area (Å²) in [5.41, 5.74) is -0.107. The normalized spacial score (nSPS) is 20.6. The molecule has 1 fully saturated rings. The molecule has 1 saturated carbocycles. The zero-order chi connectivity index (χ0) is 14.9. The van der Waals surface area contributed by atoms with Crippen LogP contribution in [0.15, 0.2) is 16.6 Å². The molecule has 0 unspecified atom stereocenters. The van der Waals surface area contributed by atoms with E-state index in [1.54, 1.807) is 0 Å². The van der Waals surface area contributed by atoms with E-state index >= 15 is 0 Å². The molecule has 0 bridgehead atoms. The van der Waals surface area contributed by atoms with Gasteiger partial charge in [0.25, 0.3) is 0 Å². The zero-order valence-electron chi connectivity index (χ0n) is 11.9. The molecule has 5 heteroatoms. The van der Waals surface area contributed by atoms with Gasteiger partial charge in [0.05, 0.1) is 18.6 Å². The fourth-order valence-corrected chi connectivity index (χ4v) is 4.08. The van der Waals surface area contributed by atoms with Crippen LogP contribution in [0.5, 0.6) is 11.5 Å². The number of ether oxygens (including phenoxy) is 2. The molecule has 0 aromatic heterocycles. The lowest BCUT2D eigenvalue weighted by Gasteiger charge is -2.35. The maximum absolute atomic E-state index is 12.1. The second-order valence-corrected chi connectivity index (χ2v) is 6.60. The molecule has 3 rings (SSSR count). The Labute approximate surface area is 132 Å². The SMILES string of the molecule is O=C(O)C1(c2c(Br)ccc3c2OCCCO3)CCCCC1. The number of carbonyl (C=O) groups is 1. The molecule has 1 aromatic carbocycles. The van der Waals surface area contributed by atoms with Crippen LogP contribution in [-0.4, -0.2) is 24.3 Å². The Morgan fingerprint density at radius 1 is 1.10 bits per heavy atom. The number of rotatable bonds is 2. The fraction of sp³-hybridized carbons (Fsp3) is 0.562. The molecule has 114 valence electrons. The summed E-state index contributed by atoms with van der Waals surface area (Å²) in [6, 6.07) is 3.73. The van der Waals surface area contributed by atoms with Gasteiger partial charge in [-0.2, -0.15) is 0 Å². The minimum absolute atomic E-state index is 0.562. The summed E-state index contributed by atoms with van der Waals surface area (Å²) in [5, 5.41) is 9.92. The van der Waals surface area contributed by atoms with Crippen molar-refractivity contribution in [1.29, 1.82) is 0 Å². The number of hydrogen-bond donors (Lipinski definition) is 1. The van der Waals surface area contributed by atoms with Gasteiger partial charge in [-0.25, -0.2) is 0 Å². The molecule has 0 spiro atoms. The Morgan fingerprint density at radius 3 is 2.52 bits per heavy atom. The predicted molar refractivity (Wildman–Crippen MR) is 82.1 cm³/mol. The van der Waals surface area contributed by atoms with E-state index in [1.807, 2.05) is 12.1 Å². The third kappa shape index (κ3) is 2.52. The van der Waals surface area contributed by atoms with Crippen molar-refractivity contribution in [2.24, 2.45) is 0 Å². The van der Waals surface area contributed by atoms with Gasteiger partial charge in [0, 0.05) is 16.5 Å². The van der Waals surface area contributed by atoms with E-state index in [9.17, 15) is 9.90 Å². The van der Waals surface area contributed by atoms with Crippen molar-refractivity contribution in [1.82, 2.24) is 0 Å². The lowest BCUT2D eigenvalue weighted by molar-refractivity contribution is -0.145. The van der Waals surface area contributed by atoms with Gasteiger partial charge in [0.1, 0.15) is 0 Å². The predicted octanol–water partition coefficient (Wildman–Crippen LogP) is 3.90. The van der Waals surface area contributed by atoms with Gasteiger partial charge >= 0.3 is 5.97 Å². The Morgan fingerprint density at radius 2 is 1.81 bits per heavy atom. The minimum Gasteiger partial charge on any atom is -0.490 e. The van der Waals surface area contributed by atoms with Crippen molar-refractivity contribution in [3.63, 3.8) is 0 Å². The smallest absolute Gasteiger partial charge is 0.314 e. The number of aliphatic carboxylic acids is 1. The average Bonchev–Trinajstić information content (AvgIpc) is 2.73. The van der Waals surface area contributed by atoms with Crippen LogP contribution in [0.25, 0.3) is 0 Å². The van der Waals surface area contributed by atoms with Crippen LogP contribution in [0.3, 0.4) is 0 Å². The van der Waals surface area contributed by atoms with Gasteiger partial charge in [-0.15, -0.1) is 0 Å². The maximum Gasteiger partial charge on any atom is 0.314 e. The number of carboxylic acids is 1. The number of benzene rings is 1. The van der Waals surface area contributed by atoms with Crippen LogP contribution in [0.1, 0.15) is 44.1 Å². The van der Waals surface area contributed by atoms with Crippen LogP contribution in [0.2, 0.25) is 0 Å². The molecule has 0 radical (unpaired) electrons. The molecule has 1 aliphatic heterocycles. The van der Waals surface area contributed by atoms with Crippen LogP contribution in [0.4, 0.5) is 0 Å². The fourth-order valence-electron chi connectivity index (χ4n) is 3.38. The Balaban J connectivity index is 2.17. The van der Waals surface area contributed by atoms with Gasteiger partial charge < -0.3 is 14.6 Å². The summed E-state index contributed by atoms with van der Waals surface area (Å²) in [6.07, 6.45) is 5.08. The summed E-state index contributed by atoms with van der Waals surface area (Å²) in [5.74, 6) is 0.521. The van der Waals surface area contributed by atoms with E-state index in [0.717, 1.165) is 35.7 Å². The van der Waals surface area contributed by atoms with E-state index in [-0.39, 0.29) is 0 Å². The molecule has 0 saturated heterocycles. The van der Waals surface area contributed by atoms with Gasteiger partial charge in [-0.05, 0) is 25.0 Å². The molecule has 0 atom stereocenters. The summed E-state index contributed by atoms with van der Waals surface area (Å²) in [7, 11) is 0. The van der Waals surface area contributed by atoms with E-state index < -0.39 is 11.4 Å². The summed E-state index contributed by atoms with van der Waals surface area (Å²) < 4.78 is 12.4. The summed E-state index contributed by atoms with van der Waals surface area (Å²) >= 11 is 3.54. The second kappa shape index (κ2) is 5.87. The highest BCUT2D eigenvalue weighted by Gasteiger charge is 2.45. The topological polar surface area (TPSA) is 55.8 Å². The maximum atomic E-state index is 12.1. The standard InChI is InChI=1S/C16H19BrO4/c17-11-5-6-12-14(21-10-4-9-20-12)13(11)16(15(18)19)7-2-1-3-8-16/h5-6H,1-4,7-10H2,(H,18,19). The molecule has 2 aliphatic rings. The zero-order valence-corrected chi connectivity index (χ0v) is 13.4. The minimum atomic E-state index is -0.865. The molecule has 1 N–H and O–H groups in total. The average molecular weight is 355 g/mol. The van der Waals surface area contributed by atoms with E-state index in [0.29, 0.717) is 37.6 Å². The molecule has 1 aliphatic carbocycles. The lowest BCUT2D eigenvalue weighted by atomic mass is 9.69. The number of carboxylic acid groups (broad SMARTS) is 1. The molecule has 0 amide bonds. The Kier molecular flexibility index (Phi) is 4.11. The van der Waals surface area contributed by atoms with Crippen molar-refractivity contribution in [3.05, 3.63) is 22.2 Å². The third-order valence-corrected chi connectivity index (χ3v) is 5.12. The van der Waals surface area contributed by atoms with Crippen molar-refractivity contribution in [2.75, 3.05) is 13.2 Å². The van der Waals surface area contributed by atoms with Crippen LogP contribution in [-0.2, 0) is 10.2 Å². The highest BCUT2D eigenvalue weighted by atomic mass is 79.9. The quantitative estimate of drug-likeness (QED) is 0.874. The molecule has 1 heterocycles. The Bertz CT molecular complexity index is 549. The monoisotopic (exact) mass is 354 g/mol. The molecular weight excluding hydrogens is 336 g/mol. The van der Waals surface area contributed by atoms with Crippen molar-refractivity contribution >= 4 is 21.9 Å². The van der Waals surface area contributed by atoms with Crippen LogP contribution >= 0.6 is 15.9 Å². The van der Waals surface area contributed by atoms with Crippen LogP contribution < -0.4 is 9.47 Å². The van der Waals surface area contributed by atoms with Crippen molar-refractivity contribution in [3.8, 4) is 11.5 Å². The third-order valence-electron chi connectivity index (χ3n) is 4.46. The van der Waals surface area contributed by atoms with E-state index in [2.05, 4.69) is 15.9 Å². The molecular formula is C16H19BrO4. The van der Waals surface area contributed by atoms with E-state index in [4.69, 9.17) is 9.47 Å². The lowest BCUT2D eigenvalue weighted by Crippen LogP contribution is -2.38. The second-order valence-electron chi connectivity index (χ2n) is 5.75. The van der Waals surface area contributed by atoms with Gasteiger partial charge in [-0.1, -0.05) is 35.2 Å². The first kappa shape index (κ1) is 14.7. The summed E-state index contributed by atoms with van der Waals surface area (Å²) in [6.45, 7) is 1.17. The van der Waals surface area contributed by atoms with Gasteiger partial charge in [-0.3, -0.25) is 4.79 Å². The number of fused-ring (bicyclic) bond motifs is 1. The first-order valence-electron chi connectivity index (χ1n) is 7.47. The molecule has 21 heavy (non-hydrogen) atoms.